The van der Waals surface area contributed by atoms with Gasteiger partial charge in [0.2, 0.25) is 0 Å². The lowest BCUT2D eigenvalue weighted by Crippen LogP contribution is -1.75. The Hall–Kier alpha value is -1.26. The van der Waals surface area contributed by atoms with E-state index >= 15 is 0 Å². The van der Waals surface area contributed by atoms with E-state index in [4.69, 9.17) is 10.2 Å². The standard InChI is InChI=1S/C12H12O2S/c13-9-3-1-5-11-7-8-12(15-11)6-2-4-10-14/h7-8,13-14H,3-4,9-10H2. The first-order valence-corrected chi connectivity index (χ1v) is 5.47. The normalized spacial score (nSPS) is 8.67. The minimum Gasteiger partial charge on any atom is -0.395 e. The molecule has 1 rings (SSSR count). The first kappa shape index (κ1) is 11.8. The van der Waals surface area contributed by atoms with E-state index in [9.17, 15) is 0 Å². The van der Waals surface area contributed by atoms with Gasteiger partial charge < -0.3 is 10.2 Å². The van der Waals surface area contributed by atoms with Gasteiger partial charge in [0.25, 0.3) is 0 Å². The maximum atomic E-state index is 8.55. The number of hydrogen-bond donors (Lipinski definition) is 2. The number of aliphatic hydroxyl groups is 2. The monoisotopic (exact) mass is 220 g/mol. The summed E-state index contributed by atoms with van der Waals surface area (Å²) in [5.41, 5.74) is 0. The van der Waals surface area contributed by atoms with Crippen LogP contribution in [0.15, 0.2) is 12.1 Å². The van der Waals surface area contributed by atoms with Gasteiger partial charge >= 0.3 is 0 Å². The van der Waals surface area contributed by atoms with Crippen LogP contribution in [-0.4, -0.2) is 23.4 Å². The van der Waals surface area contributed by atoms with Gasteiger partial charge in [-0.2, -0.15) is 0 Å². The summed E-state index contributed by atoms with van der Waals surface area (Å²) in [6, 6.07) is 3.83. The topological polar surface area (TPSA) is 40.5 Å². The Bertz CT molecular complexity index is 374. The number of hydrogen-bond acceptors (Lipinski definition) is 3. The average molecular weight is 220 g/mol. The molecule has 0 aromatic carbocycles. The highest BCUT2D eigenvalue weighted by Gasteiger charge is 1.92. The highest BCUT2D eigenvalue weighted by molar-refractivity contribution is 7.13. The second-order valence-corrected chi connectivity index (χ2v) is 3.80. The molecule has 0 unspecified atom stereocenters. The molecule has 1 aromatic heterocycles. The number of thiophene rings is 1. The van der Waals surface area contributed by atoms with Gasteiger partial charge in [-0.05, 0) is 12.1 Å². The van der Waals surface area contributed by atoms with E-state index in [0.29, 0.717) is 12.8 Å². The molecule has 0 aliphatic rings. The van der Waals surface area contributed by atoms with Crippen molar-refractivity contribution in [1.82, 2.24) is 0 Å². The molecule has 0 saturated heterocycles. The summed E-state index contributed by atoms with van der Waals surface area (Å²) in [4.78, 5) is 1.91. The molecule has 0 aliphatic carbocycles. The van der Waals surface area contributed by atoms with Crippen LogP contribution in [0, 0.1) is 23.7 Å². The first-order valence-electron chi connectivity index (χ1n) is 4.66. The Balaban J connectivity index is 2.58. The second kappa shape index (κ2) is 7.09. The molecule has 0 radical (unpaired) electrons. The van der Waals surface area contributed by atoms with Crippen molar-refractivity contribution in [2.75, 3.05) is 13.2 Å². The van der Waals surface area contributed by atoms with Gasteiger partial charge in [-0.15, -0.1) is 11.3 Å². The molecular weight excluding hydrogens is 208 g/mol. The van der Waals surface area contributed by atoms with Gasteiger partial charge in [-0.25, -0.2) is 0 Å². The summed E-state index contributed by atoms with van der Waals surface area (Å²) in [7, 11) is 0. The fourth-order valence-corrected chi connectivity index (χ4v) is 1.64. The Morgan fingerprint density at radius 1 is 0.933 bits per heavy atom. The Morgan fingerprint density at radius 2 is 1.40 bits per heavy atom. The summed E-state index contributed by atoms with van der Waals surface area (Å²) < 4.78 is 0. The smallest absolute Gasteiger partial charge is 0.0781 e. The van der Waals surface area contributed by atoms with Crippen molar-refractivity contribution in [2.24, 2.45) is 0 Å². The van der Waals surface area contributed by atoms with Gasteiger partial charge in [-0.1, -0.05) is 23.7 Å². The highest BCUT2D eigenvalue weighted by atomic mass is 32.1. The minimum atomic E-state index is 0.0987. The van der Waals surface area contributed by atoms with Crippen molar-refractivity contribution >= 4 is 11.3 Å². The number of rotatable bonds is 2. The second-order valence-electron chi connectivity index (χ2n) is 2.71. The molecule has 1 aromatic rings. The Morgan fingerprint density at radius 3 is 1.80 bits per heavy atom. The van der Waals surface area contributed by atoms with Gasteiger partial charge in [0.05, 0.1) is 23.0 Å². The molecule has 0 amide bonds. The molecule has 0 spiro atoms. The summed E-state index contributed by atoms with van der Waals surface area (Å²) in [5.74, 6) is 11.6. The third-order valence-corrected chi connectivity index (χ3v) is 2.42. The van der Waals surface area contributed by atoms with E-state index < -0.39 is 0 Å². The van der Waals surface area contributed by atoms with Crippen LogP contribution in [0.3, 0.4) is 0 Å². The fraction of sp³-hybridized carbons (Fsp3) is 0.333. The SMILES string of the molecule is OCCC#Cc1ccc(C#CCCO)s1. The van der Waals surface area contributed by atoms with E-state index in [2.05, 4.69) is 23.7 Å². The summed E-state index contributed by atoms with van der Waals surface area (Å²) in [5, 5.41) is 17.1. The minimum absolute atomic E-state index is 0.0987. The van der Waals surface area contributed by atoms with Crippen molar-refractivity contribution in [1.29, 1.82) is 0 Å². The third-order valence-electron chi connectivity index (χ3n) is 1.50. The molecule has 0 fully saturated rings. The first-order chi connectivity index (χ1) is 7.36. The molecule has 2 N–H and O–H groups in total. The summed E-state index contributed by atoms with van der Waals surface area (Å²) in [6.45, 7) is 0.197. The molecule has 0 bridgehead atoms. The lowest BCUT2D eigenvalue weighted by Gasteiger charge is -1.79. The highest BCUT2D eigenvalue weighted by Crippen LogP contribution is 2.13. The van der Waals surface area contributed by atoms with E-state index in [1.54, 1.807) is 0 Å². The lowest BCUT2D eigenvalue weighted by molar-refractivity contribution is 0.304. The molecule has 0 atom stereocenters. The van der Waals surface area contributed by atoms with E-state index in [0.717, 1.165) is 9.75 Å². The fourth-order valence-electron chi connectivity index (χ4n) is 0.883. The van der Waals surface area contributed by atoms with Crippen LogP contribution < -0.4 is 0 Å². The third kappa shape index (κ3) is 4.67. The maximum absolute atomic E-state index is 8.55. The average Bonchev–Trinajstić information content (AvgIpc) is 2.67. The van der Waals surface area contributed by atoms with Gasteiger partial charge in [0, 0.05) is 12.8 Å². The van der Waals surface area contributed by atoms with Crippen molar-refractivity contribution in [3.05, 3.63) is 21.9 Å². The Labute approximate surface area is 93.6 Å². The van der Waals surface area contributed by atoms with Crippen molar-refractivity contribution in [3.63, 3.8) is 0 Å². The van der Waals surface area contributed by atoms with Gasteiger partial charge in [-0.3, -0.25) is 0 Å². The summed E-state index contributed by atoms with van der Waals surface area (Å²) in [6.07, 6.45) is 1.01. The van der Waals surface area contributed by atoms with E-state index in [1.807, 2.05) is 12.1 Å². The zero-order valence-electron chi connectivity index (χ0n) is 8.29. The molecule has 15 heavy (non-hydrogen) atoms. The van der Waals surface area contributed by atoms with Crippen LogP contribution in [0.25, 0.3) is 0 Å². The lowest BCUT2D eigenvalue weighted by atomic mass is 10.4. The predicted octanol–water partition coefficient (Wildman–Crippen LogP) is 1.22. The van der Waals surface area contributed by atoms with E-state index in [-0.39, 0.29) is 13.2 Å². The van der Waals surface area contributed by atoms with Crippen LogP contribution in [0.4, 0.5) is 0 Å². The van der Waals surface area contributed by atoms with Crippen molar-refractivity contribution < 1.29 is 10.2 Å². The zero-order chi connectivity index (χ0) is 10.9. The van der Waals surface area contributed by atoms with Crippen LogP contribution >= 0.6 is 11.3 Å². The number of aliphatic hydroxyl groups excluding tert-OH is 2. The van der Waals surface area contributed by atoms with Crippen molar-refractivity contribution in [3.8, 4) is 23.7 Å². The molecule has 0 aliphatic heterocycles. The quantitative estimate of drug-likeness (QED) is 0.736. The molecule has 2 nitrogen and oxygen atoms in total. The predicted molar refractivity (Wildman–Crippen MR) is 61.5 cm³/mol. The van der Waals surface area contributed by atoms with Gasteiger partial charge in [0.1, 0.15) is 0 Å². The zero-order valence-corrected chi connectivity index (χ0v) is 9.10. The Kier molecular flexibility index (Phi) is 5.58. The molecule has 0 saturated carbocycles. The molecule has 3 heteroatoms. The van der Waals surface area contributed by atoms with Crippen molar-refractivity contribution in [2.45, 2.75) is 12.8 Å². The van der Waals surface area contributed by atoms with Crippen LogP contribution in [0.5, 0.6) is 0 Å². The van der Waals surface area contributed by atoms with Crippen LogP contribution in [-0.2, 0) is 0 Å². The van der Waals surface area contributed by atoms with E-state index in [1.165, 1.54) is 11.3 Å². The maximum Gasteiger partial charge on any atom is 0.0781 e. The molecule has 78 valence electrons. The van der Waals surface area contributed by atoms with Crippen LogP contribution in [0.1, 0.15) is 22.6 Å². The van der Waals surface area contributed by atoms with Gasteiger partial charge in [0.15, 0.2) is 0 Å². The largest absolute Gasteiger partial charge is 0.395 e. The molecule has 1 heterocycles. The van der Waals surface area contributed by atoms with Crippen LogP contribution in [0.2, 0.25) is 0 Å². The molecular formula is C12H12O2S. The summed E-state index contributed by atoms with van der Waals surface area (Å²) >= 11 is 1.52.